The Morgan fingerprint density at radius 1 is 1.25 bits per heavy atom. The molecule has 0 spiro atoms. The summed E-state index contributed by atoms with van der Waals surface area (Å²) in [5, 5.41) is 11.2. The lowest BCUT2D eigenvalue weighted by Gasteiger charge is -2.19. The van der Waals surface area contributed by atoms with Gasteiger partial charge in [-0.15, -0.1) is 0 Å². The van der Waals surface area contributed by atoms with E-state index in [2.05, 4.69) is 4.74 Å². The Balaban J connectivity index is 3.08. The second kappa shape index (κ2) is 7.37. The van der Waals surface area contributed by atoms with Crippen LogP contribution in [0.4, 0.5) is 0 Å². The van der Waals surface area contributed by atoms with Gasteiger partial charge in [-0.25, -0.2) is 0 Å². The highest BCUT2D eigenvalue weighted by atomic mass is 16.6. The van der Waals surface area contributed by atoms with Gasteiger partial charge >= 0.3 is 5.97 Å². The van der Waals surface area contributed by atoms with E-state index in [9.17, 15) is 19.7 Å². The van der Waals surface area contributed by atoms with Crippen LogP contribution >= 0.6 is 0 Å². The Labute approximate surface area is 116 Å². The van der Waals surface area contributed by atoms with Gasteiger partial charge in [0.1, 0.15) is 12.2 Å². The molecule has 0 unspecified atom stereocenters. The maximum Gasteiger partial charge on any atom is 0.312 e. The molecule has 0 fully saturated rings. The predicted molar refractivity (Wildman–Crippen MR) is 71.9 cm³/mol. The van der Waals surface area contributed by atoms with E-state index in [1.165, 1.54) is 14.0 Å². The number of carbonyl (C=O) groups excluding carboxylic acids is 2. The molecule has 0 saturated heterocycles. The molecular formula is C14H17NO5. The smallest absolute Gasteiger partial charge is 0.312 e. The minimum Gasteiger partial charge on any atom is -0.469 e. The predicted octanol–water partition coefficient (Wildman–Crippen LogP) is 1.96. The highest BCUT2D eigenvalue weighted by molar-refractivity contribution is 5.77. The van der Waals surface area contributed by atoms with Gasteiger partial charge in [-0.3, -0.25) is 14.9 Å². The SMILES string of the molecule is COC(=O)C[C@H]([C@@H](CC(C)=O)c1ccccc1)[N+](=O)[O-]. The number of methoxy groups -OCH3 is 1. The van der Waals surface area contributed by atoms with E-state index in [0.29, 0.717) is 5.56 Å². The number of Topliss-reactive ketones (excluding diaryl/α,β-unsaturated/α-hetero) is 1. The Kier molecular flexibility index (Phi) is 5.83. The van der Waals surface area contributed by atoms with Gasteiger partial charge in [-0.2, -0.15) is 0 Å². The molecule has 0 saturated carbocycles. The van der Waals surface area contributed by atoms with Crippen LogP contribution in [-0.4, -0.2) is 29.8 Å². The second-order valence-electron chi connectivity index (χ2n) is 4.56. The largest absolute Gasteiger partial charge is 0.469 e. The van der Waals surface area contributed by atoms with Crippen molar-refractivity contribution in [2.45, 2.75) is 31.7 Å². The summed E-state index contributed by atoms with van der Waals surface area (Å²) in [5.41, 5.74) is 0.674. The highest BCUT2D eigenvalue weighted by Crippen LogP contribution is 2.27. The summed E-state index contributed by atoms with van der Waals surface area (Å²) in [4.78, 5) is 33.4. The Morgan fingerprint density at radius 2 is 1.85 bits per heavy atom. The van der Waals surface area contributed by atoms with Crippen LogP contribution in [0.25, 0.3) is 0 Å². The molecule has 0 N–H and O–H groups in total. The molecule has 0 aliphatic rings. The number of ketones is 1. The maximum absolute atomic E-state index is 11.4. The molecule has 6 nitrogen and oxygen atoms in total. The first-order valence-electron chi connectivity index (χ1n) is 6.20. The fourth-order valence-electron chi connectivity index (χ4n) is 2.10. The van der Waals surface area contributed by atoms with E-state index in [0.717, 1.165) is 0 Å². The number of carbonyl (C=O) groups is 2. The fourth-order valence-corrected chi connectivity index (χ4v) is 2.10. The number of hydrogen-bond acceptors (Lipinski definition) is 5. The maximum atomic E-state index is 11.4. The summed E-state index contributed by atoms with van der Waals surface area (Å²) in [7, 11) is 1.18. The molecule has 0 radical (unpaired) electrons. The lowest BCUT2D eigenvalue weighted by atomic mass is 9.86. The number of hydrogen-bond donors (Lipinski definition) is 0. The van der Waals surface area contributed by atoms with Gasteiger partial charge < -0.3 is 9.53 Å². The monoisotopic (exact) mass is 279 g/mol. The van der Waals surface area contributed by atoms with Crippen molar-refractivity contribution in [3.63, 3.8) is 0 Å². The molecule has 6 heteroatoms. The molecule has 0 heterocycles. The number of nitro groups is 1. The van der Waals surface area contributed by atoms with E-state index < -0.39 is 22.9 Å². The average molecular weight is 279 g/mol. The van der Waals surface area contributed by atoms with Gasteiger partial charge in [-0.05, 0) is 12.5 Å². The molecule has 0 aliphatic carbocycles. The third-order valence-corrected chi connectivity index (χ3v) is 3.07. The summed E-state index contributed by atoms with van der Waals surface area (Å²) in [6, 6.07) is 7.56. The first-order valence-corrected chi connectivity index (χ1v) is 6.20. The first kappa shape index (κ1) is 15.8. The van der Waals surface area contributed by atoms with Crippen LogP contribution in [-0.2, 0) is 14.3 Å². The molecule has 0 amide bonds. The fraction of sp³-hybridized carbons (Fsp3) is 0.429. The summed E-state index contributed by atoms with van der Waals surface area (Å²) >= 11 is 0. The molecule has 2 atom stereocenters. The topological polar surface area (TPSA) is 86.5 Å². The van der Waals surface area contributed by atoms with Gasteiger partial charge in [0.2, 0.25) is 6.04 Å². The summed E-state index contributed by atoms with van der Waals surface area (Å²) in [5.74, 6) is -1.45. The Hall–Kier alpha value is -2.24. The third kappa shape index (κ3) is 4.46. The molecular weight excluding hydrogens is 262 g/mol. The van der Waals surface area contributed by atoms with Crippen molar-refractivity contribution >= 4 is 11.8 Å². The van der Waals surface area contributed by atoms with Crippen molar-refractivity contribution in [2.24, 2.45) is 0 Å². The van der Waals surface area contributed by atoms with E-state index >= 15 is 0 Å². The standard InChI is InChI=1S/C14H17NO5/c1-10(16)8-12(11-6-4-3-5-7-11)13(15(18)19)9-14(17)20-2/h3-7,12-13H,8-9H2,1-2H3/t12-,13+/m0/s1. The summed E-state index contributed by atoms with van der Waals surface area (Å²) in [6.45, 7) is 1.38. The van der Waals surface area contributed by atoms with E-state index in [1.807, 2.05) is 0 Å². The minimum absolute atomic E-state index is 0.0205. The first-order chi connectivity index (χ1) is 9.45. The summed E-state index contributed by atoms with van der Waals surface area (Å²) in [6.07, 6.45) is -0.330. The van der Waals surface area contributed by atoms with Crippen molar-refractivity contribution in [1.29, 1.82) is 0 Å². The minimum atomic E-state index is -1.17. The van der Waals surface area contributed by atoms with Crippen molar-refractivity contribution < 1.29 is 19.2 Å². The van der Waals surface area contributed by atoms with Crippen molar-refractivity contribution in [3.8, 4) is 0 Å². The van der Waals surface area contributed by atoms with Gasteiger partial charge in [0.05, 0.1) is 13.0 Å². The molecule has 108 valence electrons. The molecule has 0 aromatic heterocycles. The van der Waals surface area contributed by atoms with Crippen LogP contribution in [0, 0.1) is 10.1 Å². The summed E-state index contributed by atoms with van der Waals surface area (Å²) < 4.78 is 4.49. The number of benzene rings is 1. The molecule has 0 bridgehead atoms. The molecule has 1 aromatic carbocycles. The number of nitrogens with zero attached hydrogens (tertiary/aromatic N) is 1. The van der Waals surface area contributed by atoms with E-state index in [1.54, 1.807) is 30.3 Å². The number of ether oxygens (including phenoxy) is 1. The van der Waals surface area contributed by atoms with E-state index in [4.69, 9.17) is 0 Å². The van der Waals surface area contributed by atoms with Gasteiger partial charge in [-0.1, -0.05) is 30.3 Å². The third-order valence-electron chi connectivity index (χ3n) is 3.07. The van der Waals surface area contributed by atoms with E-state index in [-0.39, 0.29) is 18.6 Å². The Morgan fingerprint density at radius 3 is 2.30 bits per heavy atom. The molecule has 1 aromatic rings. The van der Waals surface area contributed by atoms with Crippen molar-refractivity contribution in [2.75, 3.05) is 7.11 Å². The van der Waals surface area contributed by atoms with Gasteiger partial charge in [0, 0.05) is 11.3 Å². The van der Waals surface area contributed by atoms with Crippen LogP contribution in [0.3, 0.4) is 0 Å². The average Bonchev–Trinajstić information content (AvgIpc) is 2.42. The zero-order valence-corrected chi connectivity index (χ0v) is 11.4. The van der Waals surface area contributed by atoms with Crippen LogP contribution in [0.15, 0.2) is 30.3 Å². The lowest BCUT2D eigenvalue weighted by Crippen LogP contribution is -2.32. The second-order valence-corrected chi connectivity index (χ2v) is 4.56. The molecule has 0 aliphatic heterocycles. The zero-order chi connectivity index (χ0) is 15.1. The van der Waals surface area contributed by atoms with Crippen LogP contribution in [0.1, 0.15) is 31.2 Å². The van der Waals surface area contributed by atoms with Gasteiger partial charge in [0.15, 0.2) is 0 Å². The normalized spacial score (nSPS) is 13.3. The Bertz CT molecular complexity index is 486. The van der Waals surface area contributed by atoms with Crippen LogP contribution < -0.4 is 0 Å². The quantitative estimate of drug-likeness (QED) is 0.432. The zero-order valence-electron chi connectivity index (χ0n) is 11.4. The van der Waals surface area contributed by atoms with Gasteiger partial charge in [0.25, 0.3) is 0 Å². The molecule has 1 rings (SSSR count). The van der Waals surface area contributed by atoms with Crippen LogP contribution in [0.2, 0.25) is 0 Å². The lowest BCUT2D eigenvalue weighted by molar-refractivity contribution is -0.526. The van der Waals surface area contributed by atoms with Crippen LogP contribution in [0.5, 0.6) is 0 Å². The highest BCUT2D eigenvalue weighted by Gasteiger charge is 2.36. The van der Waals surface area contributed by atoms with Crippen molar-refractivity contribution in [3.05, 3.63) is 46.0 Å². The molecule has 20 heavy (non-hydrogen) atoms. The number of esters is 1. The van der Waals surface area contributed by atoms with Crippen molar-refractivity contribution in [1.82, 2.24) is 0 Å². The number of rotatable bonds is 7.